The quantitative estimate of drug-likeness (QED) is 0.877. The molecule has 1 N–H and O–H groups in total. The average molecular weight is 253 g/mol. The van der Waals surface area contributed by atoms with Gasteiger partial charge in [0.2, 0.25) is 11.8 Å². The van der Waals surface area contributed by atoms with E-state index in [-0.39, 0.29) is 18.2 Å². The molecule has 1 atom stereocenters. The smallest absolute Gasteiger partial charge is 0.226 e. The number of hydrogen-bond acceptors (Lipinski definition) is 3. The number of ether oxygens (including phenoxy) is 1. The van der Waals surface area contributed by atoms with E-state index < -0.39 is 6.10 Å². The predicted octanol–water partition coefficient (Wildman–Crippen LogP) is 2.21. The standard InChI is InChI=1S/C12H13ClN2O2/c1-15(2)11(16)6-10-9-5-7(13)3-4-8(9)12(14)17-10/h3-5,10,14H,6H2,1-2H3. The molecule has 1 aromatic rings. The first-order valence-electron chi connectivity index (χ1n) is 5.24. The van der Waals surface area contributed by atoms with E-state index in [2.05, 4.69) is 0 Å². The number of benzene rings is 1. The molecule has 1 aromatic carbocycles. The van der Waals surface area contributed by atoms with Gasteiger partial charge in [0.15, 0.2) is 0 Å². The molecule has 1 aliphatic heterocycles. The molecule has 90 valence electrons. The van der Waals surface area contributed by atoms with Gasteiger partial charge in [-0.3, -0.25) is 10.2 Å². The molecule has 5 heteroatoms. The largest absolute Gasteiger partial charge is 0.469 e. The second-order valence-corrected chi connectivity index (χ2v) is 4.60. The number of rotatable bonds is 2. The Morgan fingerprint density at radius 3 is 2.88 bits per heavy atom. The lowest BCUT2D eigenvalue weighted by Crippen LogP contribution is -2.23. The van der Waals surface area contributed by atoms with E-state index in [9.17, 15) is 4.79 Å². The molecule has 0 fully saturated rings. The van der Waals surface area contributed by atoms with Crippen molar-refractivity contribution >= 4 is 23.4 Å². The van der Waals surface area contributed by atoms with Crippen LogP contribution in [0.1, 0.15) is 23.7 Å². The normalized spacial score (nSPS) is 17.6. The summed E-state index contributed by atoms with van der Waals surface area (Å²) in [6, 6.07) is 5.22. The molecule has 2 rings (SSSR count). The van der Waals surface area contributed by atoms with Crippen molar-refractivity contribution in [3.8, 4) is 0 Å². The van der Waals surface area contributed by atoms with Crippen molar-refractivity contribution in [2.45, 2.75) is 12.5 Å². The van der Waals surface area contributed by atoms with Crippen LogP contribution in [0.3, 0.4) is 0 Å². The van der Waals surface area contributed by atoms with Gasteiger partial charge in [0.25, 0.3) is 0 Å². The van der Waals surface area contributed by atoms with Crippen LogP contribution in [-0.2, 0) is 9.53 Å². The first kappa shape index (κ1) is 11.9. The third-order valence-electron chi connectivity index (χ3n) is 2.72. The van der Waals surface area contributed by atoms with Crippen molar-refractivity contribution in [2.24, 2.45) is 0 Å². The predicted molar refractivity (Wildman–Crippen MR) is 65.4 cm³/mol. The molecule has 4 nitrogen and oxygen atoms in total. The molecule has 0 bridgehead atoms. The van der Waals surface area contributed by atoms with Gasteiger partial charge in [0.05, 0.1) is 6.42 Å². The minimum Gasteiger partial charge on any atom is -0.469 e. The van der Waals surface area contributed by atoms with Crippen LogP contribution in [0, 0.1) is 5.41 Å². The number of halogens is 1. The van der Waals surface area contributed by atoms with Crippen LogP contribution in [0.2, 0.25) is 5.02 Å². The summed E-state index contributed by atoms with van der Waals surface area (Å²) >= 11 is 5.91. The van der Waals surface area contributed by atoms with Crippen LogP contribution in [0.25, 0.3) is 0 Å². The summed E-state index contributed by atoms with van der Waals surface area (Å²) in [6.07, 6.45) is -0.172. The van der Waals surface area contributed by atoms with Gasteiger partial charge in [-0.25, -0.2) is 0 Å². The summed E-state index contributed by atoms with van der Waals surface area (Å²) < 4.78 is 5.38. The van der Waals surface area contributed by atoms with Crippen LogP contribution in [0.5, 0.6) is 0 Å². The highest BCUT2D eigenvalue weighted by molar-refractivity contribution is 6.30. The zero-order valence-electron chi connectivity index (χ0n) is 9.66. The molecule has 1 aliphatic rings. The van der Waals surface area contributed by atoms with Crippen LogP contribution in [-0.4, -0.2) is 30.8 Å². The second-order valence-electron chi connectivity index (χ2n) is 4.16. The van der Waals surface area contributed by atoms with Crippen LogP contribution in [0.15, 0.2) is 18.2 Å². The van der Waals surface area contributed by atoms with Gasteiger partial charge >= 0.3 is 0 Å². The van der Waals surface area contributed by atoms with Crippen molar-refractivity contribution in [1.29, 1.82) is 5.41 Å². The number of fused-ring (bicyclic) bond motifs is 1. The lowest BCUT2D eigenvalue weighted by molar-refractivity contribution is -0.130. The maximum atomic E-state index is 11.6. The monoisotopic (exact) mass is 252 g/mol. The zero-order chi connectivity index (χ0) is 12.6. The molecule has 1 heterocycles. The number of hydrogen-bond donors (Lipinski definition) is 1. The Balaban J connectivity index is 2.27. The maximum absolute atomic E-state index is 11.6. The Morgan fingerprint density at radius 1 is 1.53 bits per heavy atom. The van der Waals surface area contributed by atoms with Crippen molar-refractivity contribution in [3.63, 3.8) is 0 Å². The van der Waals surface area contributed by atoms with Crippen molar-refractivity contribution in [2.75, 3.05) is 14.1 Å². The maximum Gasteiger partial charge on any atom is 0.226 e. The third kappa shape index (κ3) is 2.26. The van der Waals surface area contributed by atoms with Gasteiger partial charge in [-0.05, 0) is 18.2 Å². The van der Waals surface area contributed by atoms with E-state index >= 15 is 0 Å². The molecule has 1 unspecified atom stereocenters. The van der Waals surface area contributed by atoms with E-state index in [4.69, 9.17) is 21.7 Å². The fraction of sp³-hybridized carbons (Fsp3) is 0.333. The van der Waals surface area contributed by atoms with Gasteiger partial charge < -0.3 is 9.64 Å². The molecule has 0 radical (unpaired) electrons. The average Bonchev–Trinajstić information content (AvgIpc) is 2.55. The summed E-state index contributed by atoms with van der Waals surface area (Å²) in [6.45, 7) is 0. The third-order valence-corrected chi connectivity index (χ3v) is 2.96. The van der Waals surface area contributed by atoms with Crippen molar-refractivity contribution in [3.05, 3.63) is 34.3 Å². The number of nitrogens with one attached hydrogen (secondary N) is 1. The summed E-state index contributed by atoms with van der Waals surface area (Å²) in [4.78, 5) is 13.2. The van der Waals surface area contributed by atoms with Crippen molar-refractivity contribution in [1.82, 2.24) is 4.90 Å². The highest BCUT2D eigenvalue weighted by Gasteiger charge is 2.30. The first-order chi connectivity index (χ1) is 7.99. The number of amides is 1. The summed E-state index contributed by atoms with van der Waals surface area (Å²) in [5.41, 5.74) is 1.53. The lowest BCUT2D eigenvalue weighted by Gasteiger charge is -2.14. The Labute approximate surface area is 105 Å². The van der Waals surface area contributed by atoms with E-state index in [1.54, 1.807) is 32.3 Å². The van der Waals surface area contributed by atoms with Crippen LogP contribution in [0.4, 0.5) is 0 Å². The number of nitrogens with zero attached hydrogens (tertiary/aromatic N) is 1. The Morgan fingerprint density at radius 2 is 2.24 bits per heavy atom. The van der Waals surface area contributed by atoms with Gasteiger partial charge in [-0.15, -0.1) is 0 Å². The van der Waals surface area contributed by atoms with Gasteiger partial charge in [0, 0.05) is 30.2 Å². The molecule has 17 heavy (non-hydrogen) atoms. The SMILES string of the molecule is CN(C)C(=O)CC1OC(=N)c2ccc(Cl)cc21. The molecular weight excluding hydrogens is 240 g/mol. The zero-order valence-corrected chi connectivity index (χ0v) is 10.4. The highest BCUT2D eigenvalue weighted by Crippen LogP contribution is 2.34. The van der Waals surface area contributed by atoms with Gasteiger partial charge in [-0.2, -0.15) is 0 Å². The Hall–Kier alpha value is -1.55. The fourth-order valence-electron chi connectivity index (χ4n) is 1.77. The summed E-state index contributed by atoms with van der Waals surface area (Å²) in [7, 11) is 3.39. The minimum absolute atomic E-state index is 0.0318. The summed E-state index contributed by atoms with van der Waals surface area (Å²) in [5.74, 6) is 0.0730. The molecule has 1 amide bonds. The topological polar surface area (TPSA) is 53.4 Å². The van der Waals surface area contributed by atoms with E-state index in [0.717, 1.165) is 5.56 Å². The van der Waals surface area contributed by atoms with Crippen LogP contribution >= 0.6 is 11.6 Å². The lowest BCUT2D eigenvalue weighted by atomic mass is 10.0. The first-order valence-corrected chi connectivity index (χ1v) is 5.62. The van der Waals surface area contributed by atoms with Gasteiger partial charge in [-0.1, -0.05) is 11.6 Å². The van der Waals surface area contributed by atoms with E-state index in [1.165, 1.54) is 4.90 Å². The molecule has 0 aliphatic carbocycles. The molecule has 0 saturated heterocycles. The van der Waals surface area contributed by atoms with Crippen molar-refractivity contribution < 1.29 is 9.53 Å². The second kappa shape index (κ2) is 4.37. The Bertz CT molecular complexity index is 485. The Kier molecular flexibility index (Phi) is 3.07. The van der Waals surface area contributed by atoms with Crippen LogP contribution < -0.4 is 0 Å². The van der Waals surface area contributed by atoms with E-state index in [0.29, 0.717) is 10.6 Å². The van der Waals surface area contributed by atoms with Gasteiger partial charge in [0.1, 0.15) is 6.10 Å². The minimum atomic E-state index is -0.397. The molecule has 0 spiro atoms. The number of carbonyl (C=O) groups is 1. The van der Waals surface area contributed by atoms with E-state index in [1.807, 2.05) is 0 Å². The molecule has 0 aromatic heterocycles. The highest BCUT2D eigenvalue weighted by atomic mass is 35.5. The molecular formula is C12H13ClN2O2. The fourth-order valence-corrected chi connectivity index (χ4v) is 1.95. The number of carbonyl (C=O) groups excluding carboxylic acids is 1. The summed E-state index contributed by atoms with van der Waals surface area (Å²) in [5, 5.41) is 8.28. The molecule has 0 saturated carbocycles.